The zero-order valence-corrected chi connectivity index (χ0v) is 11.4. The van der Waals surface area contributed by atoms with Gasteiger partial charge in [-0.15, -0.1) is 0 Å². The molecule has 0 heterocycles. The summed E-state index contributed by atoms with van der Waals surface area (Å²) in [6.07, 6.45) is 6.94. The van der Waals surface area contributed by atoms with E-state index in [0.29, 0.717) is 6.04 Å². The summed E-state index contributed by atoms with van der Waals surface area (Å²) in [5.41, 5.74) is 6.36. The molecule has 0 aromatic rings. The van der Waals surface area contributed by atoms with E-state index in [2.05, 4.69) is 25.7 Å². The Morgan fingerprint density at radius 2 is 1.75 bits per heavy atom. The summed E-state index contributed by atoms with van der Waals surface area (Å²) < 4.78 is 0. The highest BCUT2D eigenvalue weighted by molar-refractivity contribution is 4.79. The lowest BCUT2D eigenvalue weighted by atomic mass is 9.84. The smallest absolute Gasteiger partial charge is 0.0196 e. The Hall–Kier alpha value is -0.0800. The van der Waals surface area contributed by atoms with Gasteiger partial charge in [0.1, 0.15) is 0 Å². The first-order valence-electron chi connectivity index (χ1n) is 7.11. The van der Waals surface area contributed by atoms with Gasteiger partial charge in [0.15, 0.2) is 0 Å². The second kappa shape index (κ2) is 7.29. The van der Waals surface area contributed by atoms with E-state index >= 15 is 0 Å². The predicted octanol–water partition coefficient (Wildman–Crippen LogP) is 2.87. The van der Waals surface area contributed by atoms with E-state index in [9.17, 15) is 0 Å². The molecule has 16 heavy (non-hydrogen) atoms. The third-order valence-electron chi connectivity index (χ3n) is 3.79. The quantitative estimate of drug-likeness (QED) is 0.754. The third-order valence-corrected chi connectivity index (χ3v) is 3.79. The molecule has 0 amide bonds. The van der Waals surface area contributed by atoms with Gasteiger partial charge < -0.3 is 10.6 Å². The van der Waals surface area contributed by atoms with Crippen LogP contribution in [0.2, 0.25) is 0 Å². The maximum atomic E-state index is 6.36. The number of hydrogen-bond acceptors (Lipinski definition) is 2. The Labute approximate surface area is 102 Å². The molecule has 1 unspecified atom stereocenters. The average molecular weight is 226 g/mol. The number of rotatable bonds is 6. The van der Waals surface area contributed by atoms with Crippen molar-refractivity contribution in [2.75, 3.05) is 19.6 Å². The highest BCUT2D eigenvalue weighted by Crippen LogP contribution is 2.26. The van der Waals surface area contributed by atoms with E-state index in [-0.39, 0.29) is 0 Å². The molecule has 0 saturated heterocycles. The number of nitrogens with two attached hydrogens (primary N) is 1. The van der Waals surface area contributed by atoms with Crippen molar-refractivity contribution in [2.45, 2.75) is 58.9 Å². The Balaban J connectivity index is 2.31. The summed E-state index contributed by atoms with van der Waals surface area (Å²) in [6, 6.07) is 0.402. The Morgan fingerprint density at radius 3 is 2.25 bits per heavy atom. The van der Waals surface area contributed by atoms with Crippen LogP contribution < -0.4 is 5.73 Å². The molecule has 0 aromatic carbocycles. The molecule has 1 atom stereocenters. The molecule has 0 aromatic heterocycles. The van der Waals surface area contributed by atoms with Crippen molar-refractivity contribution in [3.63, 3.8) is 0 Å². The first-order valence-corrected chi connectivity index (χ1v) is 7.11. The van der Waals surface area contributed by atoms with Crippen LogP contribution in [0.4, 0.5) is 0 Å². The van der Waals surface area contributed by atoms with Crippen LogP contribution in [-0.2, 0) is 0 Å². The molecule has 0 radical (unpaired) electrons. The second-order valence-electron chi connectivity index (χ2n) is 5.81. The Bertz CT molecular complexity index is 174. The minimum atomic E-state index is 0.402. The van der Waals surface area contributed by atoms with Crippen LogP contribution in [0.1, 0.15) is 52.9 Å². The standard InChI is InChI=1S/C14H30N2/c1-4-16(10-12(2)3)11-14(15)13-8-6-5-7-9-13/h12-14H,4-11,15H2,1-3H3. The van der Waals surface area contributed by atoms with Crippen molar-refractivity contribution >= 4 is 0 Å². The monoisotopic (exact) mass is 226 g/mol. The van der Waals surface area contributed by atoms with Crippen molar-refractivity contribution in [3.05, 3.63) is 0 Å². The summed E-state index contributed by atoms with van der Waals surface area (Å²) in [5, 5.41) is 0. The molecule has 2 N–H and O–H groups in total. The highest BCUT2D eigenvalue weighted by Gasteiger charge is 2.22. The maximum absolute atomic E-state index is 6.36. The Kier molecular flexibility index (Phi) is 6.37. The van der Waals surface area contributed by atoms with E-state index in [1.165, 1.54) is 38.6 Å². The van der Waals surface area contributed by atoms with Crippen LogP contribution in [0, 0.1) is 11.8 Å². The molecule has 2 nitrogen and oxygen atoms in total. The zero-order valence-electron chi connectivity index (χ0n) is 11.4. The lowest BCUT2D eigenvalue weighted by Crippen LogP contribution is -2.44. The molecular weight excluding hydrogens is 196 g/mol. The van der Waals surface area contributed by atoms with Crippen LogP contribution >= 0.6 is 0 Å². The first kappa shape index (κ1) is 14.0. The van der Waals surface area contributed by atoms with Crippen molar-refractivity contribution in [1.29, 1.82) is 0 Å². The van der Waals surface area contributed by atoms with Gasteiger partial charge in [-0.3, -0.25) is 0 Å². The van der Waals surface area contributed by atoms with E-state index in [4.69, 9.17) is 5.73 Å². The number of nitrogens with zero attached hydrogens (tertiary/aromatic N) is 1. The van der Waals surface area contributed by atoms with E-state index in [0.717, 1.165) is 24.9 Å². The van der Waals surface area contributed by atoms with Gasteiger partial charge in [-0.05, 0) is 31.2 Å². The van der Waals surface area contributed by atoms with Gasteiger partial charge in [-0.1, -0.05) is 40.0 Å². The fourth-order valence-corrected chi connectivity index (χ4v) is 2.86. The van der Waals surface area contributed by atoms with Crippen molar-refractivity contribution in [2.24, 2.45) is 17.6 Å². The Morgan fingerprint density at radius 1 is 1.12 bits per heavy atom. The van der Waals surface area contributed by atoms with E-state index in [1.807, 2.05) is 0 Å². The largest absolute Gasteiger partial charge is 0.326 e. The molecular formula is C14H30N2. The summed E-state index contributed by atoms with van der Waals surface area (Å²) in [7, 11) is 0. The fraction of sp³-hybridized carbons (Fsp3) is 1.00. The number of hydrogen-bond donors (Lipinski definition) is 1. The average Bonchev–Trinajstić information content (AvgIpc) is 2.28. The third kappa shape index (κ3) is 4.84. The van der Waals surface area contributed by atoms with Gasteiger partial charge in [0, 0.05) is 19.1 Å². The first-order chi connectivity index (χ1) is 7.63. The summed E-state index contributed by atoms with van der Waals surface area (Å²) in [5.74, 6) is 1.54. The summed E-state index contributed by atoms with van der Waals surface area (Å²) in [4.78, 5) is 2.52. The summed E-state index contributed by atoms with van der Waals surface area (Å²) in [6.45, 7) is 10.2. The minimum absolute atomic E-state index is 0.402. The number of likely N-dealkylation sites (N-methyl/N-ethyl adjacent to an activating group) is 1. The molecule has 2 heteroatoms. The van der Waals surface area contributed by atoms with Crippen molar-refractivity contribution < 1.29 is 0 Å². The SMILES string of the molecule is CCN(CC(C)C)CC(N)C1CCCCC1. The normalized spacial score (nSPS) is 20.6. The molecule has 1 aliphatic rings. The molecule has 1 rings (SSSR count). The van der Waals surface area contributed by atoms with Crippen LogP contribution in [0.5, 0.6) is 0 Å². The topological polar surface area (TPSA) is 29.3 Å². The molecule has 0 aliphatic heterocycles. The van der Waals surface area contributed by atoms with Gasteiger partial charge in [-0.2, -0.15) is 0 Å². The van der Waals surface area contributed by atoms with Crippen LogP contribution in [-0.4, -0.2) is 30.6 Å². The predicted molar refractivity (Wildman–Crippen MR) is 71.5 cm³/mol. The second-order valence-corrected chi connectivity index (χ2v) is 5.81. The highest BCUT2D eigenvalue weighted by atomic mass is 15.1. The van der Waals surface area contributed by atoms with Crippen LogP contribution in [0.3, 0.4) is 0 Å². The summed E-state index contributed by atoms with van der Waals surface area (Å²) >= 11 is 0. The van der Waals surface area contributed by atoms with Crippen LogP contribution in [0.15, 0.2) is 0 Å². The molecule has 1 aliphatic carbocycles. The van der Waals surface area contributed by atoms with E-state index in [1.54, 1.807) is 0 Å². The fourth-order valence-electron chi connectivity index (χ4n) is 2.86. The van der Waals surface area contributed by atoms with E-state index < -0.39 is 0 Å². The van der Waals surface area contributed by atoms with Gasteiger partial charge in [0.05, 0.1) is 0 Å². The molecule has 1 saturated carbocycles. The molecule has 96 valence electrons. The maximum Gasteiger partial charge on any atom is 0.0196 e. The van der Waals surface area contributed by atoms with Crippen molar-refractivity contribution in [1.82, 2.24) is 4.90 Å². The van der Waals surface area contributed by atoms with Gasteiger partial charge in [0.2, 0.25) is 0 Å². The molecule has 1 fully saturated rings. The van der Waals surface area contributed by atoms with Crippen molar-refractivity contribution in [3.8, 4) is 0 Å². The molecule has 0 bridgehead atoms. The van der Waals surface area contributed by atoms with Gasteiger partial charge >= 0.3 is 0 Å². The lowest BCUT2D eigenvalue weighted by Gasteiger charge is -2.32. The zero-order chi connectivity index (χ0) is 12.0. The van der Waals surface area contributed by atoms with Gasteiger partial charge in [-0.25, -0.2) is 0 Å². The van der Waals surface area contributed by atoms with Gasteiger partial charge in [0.25, 0.3) is 0 Å². The minimum Gasteiger partial charge on any atom is -0.326 e. The molecule has 0 spiro atoms. The lowest BCUT2D eigenvalue weighted by molar-refractivity contribution is 0.197. The van der Waals surface area contributed by atoms with Crippen LogP contribution in [0.25, 0.3) is 0 Å².